The van der Waals surface area contributed by atoms with Gasteiger partial charge < -0.3 is 19.5 Å². The number of amides is 1. The van der Waals surface area contributed by atoms with Crippen LogP contribution in [-0.4, -0.2) is 46.8 Å². The smallest absolute Gasteiger partial charge is 0.264 e. The number of halogens is 2. The van der Waals surface area contributed by atoms with Crippen LogP contribution in [0.15, 0.2) is 47.5 Å². The van der Waals surface area contributed by atoms with Crippen LogP contribution in [0, 0.1) is 5.92 Å². The number of fused-ring (bicyclic) bond motifs is 5. The molecule has 3 aromatic rings. The van der Waals surface area contributed by atoms with Gasteiger partial charge in [-0.2, -0.15) is 0 Å². The molecule has 1 aromatic carbocycles. The van der Waals surface area contributed by atoms with Crippen molar-refractivity contribution < 1.29 is 9.53 Å². The number of hydrogen-bond donors (Lipinski definition) is 1. The second-order valence-corrected chi connectivity index (χ2v) is 8.56. The van der Waals surface area contributed by atoms with Gasteiger partial charge in [-0.1, -0.05) is 0 Å². The fourth-order valence-electron chi connectivity index (χ4n) is 5.09. The number of rotatable bonds is 2. The van der Waals surface area contributed by atoms with Crippen LogP contribution in [0.25, 0.3) is 17.1 Å². The molecule has 0 saturated carbocycles. The van der Waals surface area contributed by atoms with Crippen molar-refractivity contribution in [2.75, 3.05) is 31.6 Å². The first-order valence-corrected chi connectivity index (χ1v) is 10.6. The Balaban J connectivity index is 0.00000130. The van der Waals surface area contributed by atoms with Crippen LogP contribution >= 0.6 is 24.8 Å². The molecule has 0 radical (unpaired) electrons. The number of hydrogen-bond acceptors (Lipinski definition) is 5. The number of ether oxygens (including phenoxy) is 1. The van der Waals surface area contributed by atoms with Crippen molar-refractivity contribution >= 4 is 36.4 Å². The Morgan fingerprint density at radius 1 is 1.12 bits per heavy atom. The summed E-state index contributed by atoms with van der Waals surface area (Å²) in [4.78, 5) is 31.5. The van der Waals surface area contributed by atoms with Crippen molar-refractivity contribution in [2.24, 2.45) is 5.92 Å². The summed E-state index contributed by atoms with van der Waals surface area (Å²) < 4.78 is 9.48. The first-order chi connectivity index (χ1) is 15.1. The van der Waals surface area contributed by atoms with Crippen molar-refractivity contribution in [1.29, 1.82) is 0 Å². The van der Waals surface area contributed by atoms with Gasteiger partial charge in [0.1, 0.15) is 11.6 Å². The number of nitrogens with zero attached hydrogens (tertiary/aromatic N) is 4. The van der Waals surface area contributed by atoms with E-state index in [1.165, 1.54) is 0 Å². The second kappa shape index (κ2) is 8.85. The molecule has 1 amide bonds. The number of carbonyl (C=O) groups excluding carboxylic acids is 1. The molecular formula is C23H25Cl2N5O3. The van der Waals surface area contributed by atoms with E-state index in [0.29, 0.717) is 29.0 Å². The van der Waals surface area contributed by atoms with Crippen LogP contribution in [0.4, 0.5) is 5.69 Å². The van der Waals surface area contributed by atoms with Gasteiger partial charge in [0.25, 0.3) is 11.5 Å². The van der Waals surface area contributed by atoms with E-state index in [0.717, 1.165) is 43.1 Å². The summed E-state index contributed by atoms with van der Waals surface area (Å²) in [6.45, 7) is 2.66. The molecule has 1 N–H and O–H groups in total. The molecule has 8 nitrogen and oxygen atoms in total. The largest absolute Gasteiger partial charge is 0.481 e. The first-order valence-electron chi connectivity index (χ1n) is 10.6. The second-order valence-electron chi connectivity index (χ2n) is 8.56. The fraction of sp³-hybridized carbons (Fsp3) is 0.348. The molecule has 5 heterocycles. The van der Waals surface area contributed by atoms with Crippen LogP contribution < -0.4 is 20.5 Å². The maximum Gasteiger partial charge on any atom is 0.264 e. The zero-order chi connectivity index (χ0) is 21.1. The van der Waals surface area contributed by atoms with E-state index in [-0.39, 0.29) is 42.9 Å². The highest BCUT2D eigenvalue weighted by Crippen LogP contribution is 2.35. The molecule has 3 aliphatic heterocycles. The number of pyridine rings is 1. The highest BCUT2D eigenvalue weighted by atomic mass is 35.5. The van der Waals surface area contributed by atoms with Gasteiger partial charge in [0.2, 0.25) is 0 Å². The molecule has 10 heteroatoms. The van der Waals surface area contributed by atoms with E-state index < -0.39 is 0 Å². The average Bonchev–Trinajstić information content (AvgIpc) is 3.27. The Labute approximate surface area is 203 Å². The van der Waals surface area contributed by atoms with Crippen LogP contribution in [0.1, 0.15) is 18.0 Å². The number of likely N-dealkylation sites (N-methyl/N-ethyl adjacent to an activating group) is 1. The Bertz CT molecular complexity index is 1270. The summed E-state index contributed by atoms with van der Waals surface area (Å²) in [6, 6.07) is 9.65. The minimum absolute atomic E-state index is 0. The van der Waals surface area contributed by atoms with Gasteiger partial charge in [0, 0.05) is 50.2 Å². The Kier molecular flexibility index (Phi) is 6.26. The predicted molar refractivity (Wildman–Crippen MR) is 130 cm³/mol. The van der Waals surface area contributed by atoms with Crippen LogP contribution in [0.3, 0.4) is 0 Å². The lowest BCUT2D eigenvalue weighted by Crippen LogP contribution is -2.45. The third-order valence-electron chi connectivity index (χ3n) is 6.70. The van der Waals surface area contributed by atoms with Crippen molar-refractivity contribution in [1.82, 2.24) is 19.4 Å². The highest BCUT2D eigenvalue weighted by molar-refractivity contribution is 5.97. The van der Waals surface area contributed by atoms with Crippen molar-refractivity contribution in [3.63, 3.8) is 0 Å². The lowest BCUT2D eigenvalue weighted by molar-refractivity contribution is -0.120. The summed E-state index contributed by atoms with van der Waals surface area (Å²) in [5.41, 5.74) is 3.28. The zero-order valence-electron chi connectivity index (χ0n) is 18.1. The van der Waals surface area contributed by atoms with Gasteiger partial charge in [0.05, 0.1) is 16.9 Å². The summed E-state index contributed by atoms with van der Waals surface area (Å²) in [5, 5.41) is 3.48. The molecular weight excluding hydrogens is 465 g/mol. The minimum Gasteiger partial charge on any atom is -0.481 e. The monoisotopic (exact) mass is 489 g/mol. The van der Waals surface area contributed by atoms with E-state index in [9.17, 15) is 9.59 Å². The van der Waals surface area contributed by atoms with Crippen molar-refractivity contribution in [3.05, 3.63) is 58.8 Å². The zero-order valence-corrected chi connectivity index (χ0v) is 19.7. The molecule has 1 fully saturated rings. The van der Waals surface area contributed by atoms with E-state index in [1.807, 2.05) is 39.6 Å². The maximum absolute atomic E-state index is 13.5. The predicted octanol–water partition coefficient (Wildman–Crippen LogP) is 2.61. The number of piperidine rings is 1. The topological polar surface area (TPSA) is 81.4 Å². The molecule has 174 valence electrons. The molecule has 2 bridgehead atoms. The van der Waals surface area contributed by atoms with E-state index in [4.69, 9.17) is 4.74 Å². The Morgan fingerprint density at radius 3 is 2.82 bits per heavy atom. The number of aromatic nitrogens is 3. The average molecular weight is 490 g/mol. The number of imidazole rings is 1. The van der Waals surface area contributed by atoms with E-state index in [2.05, 4.69) is 16.4 Å². The molecule has 6 rings (SSSR count). The van der Waals surface area contributed by atoms with Gasteiger partial charge in [-0.15, -0.1) is 24.8 Å². The molecule has 3 aliphatic rings. The van der Waals surface area contributed by atoms with Crippen LogP contribution in [-0.2, 0) is 11.3 Å². The molecule has 0 aliphatic carbocycles. The number of benzene rings is 1. The van der Waals surface area contributed by atoms with Gasteiger partial charge in [-0.25, -0.2) is 4.98 Å². The fourth-order valence-corrected chi connectivity index (χ4v) is 5.09. The molecule has 2 atom stereocenters. The number of nitrogens with one attached hydrogen (secondary N) is 1. The summed E-state index contributed by atoms with van der Waals surface area (Å²) in [7, 11) is 1.74. The normalized spacial score (nSPS) is 20.6. The molecule has 1 saturated heterocycles. The van der Waals surface area contributed by atoms with Gasteiger partial charge in [0.15, 0.2) is 6.61 Å². The highest BCUT2D eigenvalue weighted by Gasteiger charge is 2.32. The summed E-state index contributed by atoms with van der Waals surface area (Å²) in [6.07, 6.45) is 4.69. The first kappa shape index (κ1) is 23.4. The third kappa shape index (κ3) is 3.72. The minimum atomic E-state index is -0.0781. The Morgan fingerprint density at radius 2 is 1.97 bits per heavy atom. The molecule has 2 aromatic heterocycles. The van der Waals surface area contributed by atoms with Gasteiger partial charge in [-0.05, 0) is 43.1 Å². The molecule has 33 heavy (non-hydrogen) atoms. The lowest BCUT2D eigenvalue weighted by Gasteiger charge is -2.37. The summed E-state index contributed by atoms with van der Waals surface area (Å²) in [5.74, 6) is 2.06. The van der Waals surface area contributed by atoms with E-state index >= 15 is 0 Å². The summed E-state index contributed by atoms with van der Waals surface area (Å²) >= 11 is 0. The Hall–Kier alpha value is -2.81. The van der Waals surface area contributed by atoms with Gasteiger partial charge >= 0.3 is 0 Å². The van der Waals surface area contributed by atoms with Crippen LogP contribution in [0.2, 0.25) is 0 Å². The number of carbonyl (C=O) groups is 1. The van der Waals surface area contributed by atoms with Crippen molar-refractivity contribution in [3.8, 4) is 22.8 Å². The lowest BCUT2D eigenvalue weighted by atomic mass is 9.84. The molecule has 0 spiro atoms. The molecule has 0 unspecified atom stereocenters. The van der Waals surface area contributed by atoms with Crippen molar-refractivity contribution in [2.45, 2.75) is 18.9 Å². The third-order valence-corrected chi connectivity index (χ3v) is 6.70. The van der Waals surface area contributed by atoms with Gasteiger partial charge in [-0.3, -0.25) is 14.2 Å². The standard InChI is InChI=1S/C23H23N5O3.2ClH/c1-26-19-4-2-16(9-20(19)31-13-21(26)29)27-7-6-25-22(27)17-3-5-18-15-8-14(10-24-11-15)12-28(18)23(17)30;;/h2-7,9,14-15,24H,8,10-13H2,1H3;2*1H/t14-,15+;;/m0../s1. The SMILES string of the molecule is CN1C(=O)COc2cc(-n3ccnc3-c3ccc4n(c3=O)C[C@@H]3CNC[C@H]4C3)ccc21.Cl.Cl. The quantitative estimate of drug-likeness (QED) is 0.598. The maximum atomic E-state index is 13.5. The number of anilines is 1. The van der Waals surface area contributed by atoms with Crippen LogP contribution in [0.5, 0.6) is 5.75 Å². The van der Waals surface area contributed by atoms with E-state index in [1.54, 1.807) is 18.1 Å².